The number of morpholine rings is 1. The van der Waals surface area contributed by atoms with E-state index in [0.29, 0.717) is 5.56 Å². The molecule has 1 aliphatic rings. The van der Waals surface area contributed by atoms with Crippen LogP contribution in [0.5, 0.6) is 0 Å². The fraction of sp³-hybridized carbons (Fsp3) is 0.412. The molecule has 0 saturated carbocycles. The van der Waals surface area contributed by atoms with Crippen molar-refractivity contribution >= 4 is 11.8 Å². The predicted octanol–water partition coefficient (Wildman–Crippen LogP) is 2.65. The van der Waals surface area contributed by atoms with Gasteiger partial charge in [0.2, 0.25) is 0 Å². The highest BCUT2D eigenvalue weighted by molar-refractivity contribution is 5.89. The Morgan fingerprint density at radius 2 is 2.09 bits per heavy atom. The molecule has 122 valence electrons. The molecular formula is C17H20N2O4. The average Bonchev–Trinajstić information content (AvgIpc) is 3.05. The van der Waals surface area contributed by atoms with E-state index in [4.69, 9.17) is 13.9 Å². The molecule has 1 fully saturated rings. The fourth-order valence-electron chi connectivity index (χ4n) is 2.67. The Morgan fingerprint density at radius 3 is 2.70 bits per heavy atom. The van der Waals surface area contributed by atoms with Crippen LogP contribution in [0.4, 0.5) is 5.82 Å². The van der Waals surface area contributed by atoms with Crippen LogP contribution >= 0.6 is 0 Å². The number of hydrogen-bond donors (Lipinski definition) is 0. The van der Waals surface area contributed by atoms with Gasteiger partial charge >= 0.3 is 5.97 Å². The van der Waals surface area contributed by atoms with Gasteiger partial charge in [0.25, 0.3) is 0 Å². The number of furan rings is 1. The van der Waals surface area contributed by atoms with Crippen LogP contribution in [0, 0.1) is 0 Å². The van der Waals surface area contributed by atoms with Crippen molar-refractivity contribution in [1.82, 2.24) is 4.98 Å². The number of aromatic nitrogens is 1. The molecule has 1 saturated heterocycles. The molecule has 3 rings (SSSR count). The lowest BCUT2D eigenvalue weighted by Gasteiger charge is -2.36. The number of rotatable bonds is 4. The lowest BCUT2D eigenvalue weighted by Crippen LogP contribution is -2.45. The zero-order chi connectivity index (χ0) is 16.2. The lowest BCUT2D eigenvalue weighted by molar-refractivity contribution is -0.00547. The maximum atomic E-state index is 12.0. The molecule has 2 aromatic rings. The van der Waals surface area contributed by atoms with Crippen LogP contribution in [0.2, 0.25) is 0 Å². The van der Waals surface area contributed by atoms with E-state index in [9.17, 15) is 4.79 Å². The Hall–Kier alpha value is -2.34. The number of carbonyl (C=O) groups excluding carboxylic acids is 1. The first kappa shape index (κ1) is 15.6. The van der Waals surface area contributed by atoms with Crippen LogP contribution in [0.1, 0.15) is 29.8 Å². The third kappa shape index (κ3) is 3.90. The van der Waals surface area contributed by atoms with Crippen molar-refractivity contribution in [3.8, 4) is 0 Å². The minimum absolute atomic E-state index is 0.167. The smallest absolute Gasteiger partial charge is 0.340 e. The summed E-state index contributed by atoms with van der Waals surface area (Å²) in [4.78, 5) is 18.6. The van der Waals surface area contributed by atoms with Crippen molar-refractivity contribution in [1.29, 1.82) is 0 Å². The van der Waals surface area contributed by atoms with E-state index in [2.05, 4.69) is 9.88 Å². The molecule has 0 bridgehead atoms. The number of ether oxygens (including phenoxy) is 2. The summed E-state index contributed by atoms with van der Waals surface area (Å²) < 4.78 is 15.9. The zero-order valence-corrected chi connectivity index (χ0v) is 13.3. The Kier molecular flexibility index (Phi) is 4.62. The summed E-state index contributed by atoms with van der Waals surface area (Å²) in [6, 6.07) is 5.35. The minimum Gasteiger partial charge on any atom is -0.472 e. The Balaban J connectivity index is 1.61. The predicted molar refractivity (Wildman–Crippen MR) is 84.3 cm³/mol. The van der Waals surface area contributed by atoms with E-state index in [1.54, 1.807) is 30.9 Å². The molecule has 0 aliphatic carbocycles. The van der Waals surface area contributed by atoms with Crippen molar-refractivity contribution < 1.29 is 18.7 Å². The molecule has 3 heterocycles. The largest absolute Gasteiger partial charge is 0.472 e. The van der Waals surface area contributed by atoms with Gasteiger partial charge in [0.15, 0.2) is 0 Å². The summed E-state index contributed by atoms with van der Waals surface area (Å²) in [5, 5.41) is 0. The van der Waals surface area contributed by atoms with E-state index in [1.165, 1.54) is 0 Å². The molecule has 2 aromatic heterocycles. The normalized spacial score (nSPS) is 21.2. The van der Waals surface area contributed by atoms with Crippen LogP contribution in [-0.2, 0) is 16.1 Å². The first-order valence-corrected chi connectivity index (χ1v) is 7.66. The summed E-state index contributed by atoms with van der Waals surface area (Å²) in [6.45, 7) is 5.87. The molecule has 6 nitrogen and oxygen atoms in total. The summed E-state index contributed by atoms with van der Waals surface area (Å²) in [5.74, 6) is 0.451. The van der Waals surface area contributed by atoms with Crippen molar-refractivity contribution in [2.24, 2.45) is 0 Å². The fourth-order valence-corrected chi connectivity index (χ4v) is 2.67. The summed E-state index contributed by atoms with van der Waals surface area (Å²) in [5.41, 5.74) is 1.26. The molecular weight excluding hydrogens is 296 g/mol. The van der Waals surface area contributed by atoms with Crippen molar-refractivity contribution in [3.63, 3.8) is 0 Å². The molecule has 0 radical (unpaired) electrons. The third-order valence-corrected chi connectivity index (χ3v) is 3.68. The summed E-state index contributed by atoms with van der Waals surface area (Å²) in [6.07, 6.45) is 4.98. The molecule has 1 aliphatic heterocycles. The van der Waals surface area contributed by atoms with Gasteiger partial charge in [-0.3, -0.25) is 0 Å². The second-order valence-corrected chi connectivity index (χ2v) is 5.78. The topological polar surface area (TPSA) is 64.8 Å². The number of anilines is 1. The van der Waals surface area contributed by atoms with E-state index in [-0.39, 0.29) is 18.8 Å². The van der Waals surface area contributed by atoms with Crippen molar-refractivity contribution in [3.05, 3.63) is 48.0 Å². The van der Waals surface area contributed by atoms with Gasteiger partial charge in [0, 0.05) is 24.8 Å². The minimum atomic E-state index is -0.394. The second kappa shape index (κ2) is 6.83. The molecule has 23 heavy (non-hydrogen) atoms. The van der Waals surface area contributed by atoms with E-state index in [1.807, 2.05) is 19.9 Å². The highest BCUT2D eigenvalue weighted by atomic mass is 16.5. The number of carbonyl (C=O) groups is 1. The molecule has 0 amide bonds. The number of esters is 1. The number of pyridine rings is 1. The summed E-state index contributed by atoms with van der Waals surface area (Å²) in [7, 11) is 0. The van der Waals surface area contributed by atoms with Crippen LogP contribution in [0.15, 0.2) is 41.3 Å². The lowest BCUT2D eigenvalue weighted by atomic mass is 10.2. The second-order valence-electron chi connectivity index (χ2n) is 5.78. The van der Waals surface area contributed by atoms with Crippen molar-refractivity contribution in [2.75, 3.05) is 18.0 Å². The molecule has 2 atom stereocenters. The van der Waals surface area contributed by atoms with Gasteiger partial charge in [0.1, 0.15) is 12.4 Å². The Morgan fingerprint density at radius 1 is 1.30 bits per heavy atom. The van der Waals surface area contributed by atoms with Gasteiger partial charge in [-0.15, -0.1) is 0 Å². The Bertz CT molecular complexity index is 629. The SMILES string of the molecule is C[C@@H]1CN(c2ccc(C(=O)OCc3ccoc3)cn2)C[C@@H](C)O1. The highest BCUT2D eigenvalue weighted by Gasteiger charge is 2.23. The maximum absolute atomic E-state index is 12.0. The molecule has 0 aromatic carbocycles. The van der Waals surface area contributed by atoms with Crippen molar-refractivity contribution in [2.45, 2.75) is 32.7 Å². The summed E-state index contributed by atoms with van der Waals surface area (Å²) >= 11 is 0. The van der Waals surface area contributed by atoms with Gasteiger partial charge in [-0.05, 0) is 32.0 Å². The van der Waals surface area contributed by atoms with Gasteiger partial charge in [-0.25, -0.2) is 9.78 Å². The van der Waals surface area contributed by atoms with Gasteiger partial charge in [-0.1, -0.05) is 0 Å². The van der Waals surface area contributed by atoms with Crippen LogP contribution in [-0.4, -0.2) is 36.3 Å². The quantitative estimate of drug-likeness (QED) is 0.808. The van der Waals surface area contributed by atoms with E-state index >= 15 is 0 Å². The van der Waals surface area contributed by atoms with Gasteiger partial charge in [0.05, 0.1) is 30.3 Å². The van der Waals surface area contributed by atoms with Crippen LogP contribution in [0.25, 0.3) is 0 Å². The van der Waals surface area contributed by atoms with E-state index in [0.717, 1.165) is 24.5 Å². The first-order valence-electron chi connectivity index (χ1n) is 7.66. The molecule has 0 spiro atoms. The Labute approximate surface area is 135 Å². The number of hydrogen-bond acceptors (Lipinski definition) is 6. The highest BCUT2D eigenvalue weighted by Crippen LogP contribution is 2.18. The average molecular weight is 316 g/mol. The third-order valence-electron chi connectivity index (χ3n) is 3.68. The first-order chi connectivity index (χ1) is 11.1. The monoisotopic (exact) mass is 316 g/mol. The molecule has 6 heteroatoms. The number of nitrogens with zero attached hydrogens (tertiary/aromatic N) is 2. The van der Waals surface area contributed by atoms with Crippen LogP contribution in [0.3, 0.4) is 0 Å². The molecule has 0 unspecified atom stereocenters. The maximum Gasteiger partial charge on any atom is 0.340 e. The zero-order valence-electron chi connectivity index (χ0n) is 13.3. The van der Waals surface area contributed by atoms with Gasteiger partial charge < -0.3 is 18.8 Å². The van der Waals surface area contributed by atoms with Gasteiger partial charge in [-0.2, -0.15) is 0 Å². The molecule has 0 N–H and O–H groups in total. The standard InChI is InChI=1S/C17H20N2O4/c1-12-8-19(9-13(2)23-12)16-4-3-15(7-18-16)17(20)22-11-14-5-6-21-10-14/h3-7,10,12-13H,8-9,11H2,1-2H3/t12-,13-/m1/s1. The van der Waals surface area contributed by atoms with Crippen LogP contribution < -0.4 is 4.90 Å². The van der Waals surface area contributed by atoms with E-state index < -0.39 is 5.97 Å².